The van der Waals surface area contributed by atoms with Crippen molar-refractivity contribution in [3.8, 4) is 0 Å². The van der Waals surface area contributed by atoms with Crippen LogP contribution in [0, 0.1) is 10.8 Å². The van der Waals surface area contributed by atoms with Crippen LogP contribution in [-0.2, 0) is 4.74 Å². The average Bonchev–Trinajstić information content (AvgIpc) is 2.62. The van der Waals surface area contributed by atoms with Gasteiger partial charge in [-0.1, -0.05) is 20.8 Å². The zero-order chi connectivity index (χ0) is 12.1. The van der Waals surface area contributed by atoms with Crippen LogP contribution in [-0.4, -0.2) is 39.9 Å². The Hall–Kier alpha value is -0.120. The van der Waals surface area contributed by atoms with E-state index in [0.29, 0.717) is 10.8 Å². The third-order valence-corrected chi connectivity index (χ3v) is 3.60. The van der Waals surface area contributed by atoms with Gasteiger partial charge in [-0.25, -0.2) is 0 Å². The van der Waals surface area contributed by atoms with Crippen LogP contribution < -0.4 is 10.6 Å². The van der Waals surface area contributed by atoms with E-state index in [-0.39, 0.29) is 0 Å². The highest BCUT2D eigenvalue weighted by Crippen LogP contribution is 2.24. The van der Waals surface area contributed by atoms with Gasteiger partial charge in [0.1, 0.15) is 0 Å². The van der Waals surface area contributed by atoms with E-state index >= 15 is 0 Å². The maximum absolute atomic E-state index is 5.14. The van der Waals surface area contributed by atoms with E-state index < -0.39 is 0 Å². The molecule has 0 aromatic carbocycles. The lowest BCUT2D eigenvalue weighted by Gasteiger charge is -2.29. The van der Waals surface area contributed by atoms with E-state index in [1.165, 1.54) is 13.0 Å². The maximum atomic E-state index is 5.14. The molecule has 3 nitrogen and oxygen atoms in total. The van der Waals surface area contributed by atoms with E-state index in [9.17, 15) is 0 Å². The highest BCUT2D eigenvalue weighted by Gasteiger charge is 2.28. The summed E-state index contributed by atoms with van der Waals surface area (Å²) < 4.78 is 5.14. The zero-order valence-corrected chi connectivity index (χ0v) is 11.4. The van der Waals surface area contributed by atoms with Gasteiger partial charge in [0.25, 0.3) is 0 Å². The molecule has 0 bridgehead atoms. The van der Waals surface area contributed by atoms with E-state index in [0.717, 1.165) is 32.7 Å². The second kappa shape index (κ2) is 5.99. The van der Waals surface area contributed by atoms with Gasteiger partial charge in [-0.2, -0.15) is 0 Å². The van der Waals surface area contributed by atoms with E-state index in [1.807, 2.05) is 0 Å². The summed E-state index contributed by atoms with van der Waals surface area (Å²) >= 11 is 0. The molecule has 0 radical (unpaired) electrons. The van der Waals surface area contributed by atoms with Gasteiger partial charge in [0.05, 0.1) is 0 Å². The lowest BCUT2D eigenvalue weighted by atomic mass is 9.87. The van der Waals surface area contributed by atoms with E-state index in [2.05, 4.69) is 31.4 Å². The normalized spacial score (nSPS) is 26.2. The van der Waals surface area contributed by atoms with Gasteiger partial charge >= 0.3 is 0 Å². The predicted octanol–water partition coefficient (Wildman–Crippen LogP) is 1.64. The van der Waals surface area contributed by atoms with Crippen molar-refractivity contribution in [2.45, 2.75) is 33.6 Å². The molecule has 1 unspecified atom stereocenters. The summed E-state index contributed by atoms with van der Waals surface area (Å²) in [5, 5.41) is 7.06. The Bertz CT molecular complexity index is 198. The minimum Gasteiger partial charge on any atom is -0.385 e. The maximum Gasteiger partial charge on any atom is 0.0467 e. The zero-order valence-electron chi connectivity index (χ0n) is 11.4. The number of rotatable bonds is 7. The highest BCUT2D eigenvalue weighted by atomic mass is 16.5. The minimum absolute atomic E-state index is 0.332. The average molecular weight is 228 g/mol. The third-order valence-electron chi connectivity index (χ3n) is 3.60. The lowest BCUT2D eigenvalue weighted by Crippen LogP contribution is -2.38. The fourth-order valence-electron chi connectivity index (χ4n) is 2.19. The lowest BCUT2D eigenvalue weighted by molar-refractivity contribution is 0.148. The van der Waals surface area contributed by atoms with Gasteiger partial charge in [-0.15, -0.1) is 0 Å². The first-order chi connectivity index (χ1) is 7.47. The number of hydrogen-bond donors (Lipinski definition) is 2. The van der Waals surface area contributed by atoms with Crippen molar-refractivity contribution in [2.75, 3.05) is 39.9 Å². The summed E-state index contributed by atoms with van der Waals surface area (Å²) in [6.07, 6.45) is 2.41. The molecular weight excluding hydrogens is 200 g/mol. The smallest absolute Gasteiger partial charge is 0.0467 e. The molecule has 0 spiro atoms. The minimum atomic E-state index is 0.332. The Morgan fingerprint density at radius 1 is 1.44 bits per heavy atom. The van der Waals surface area contributed by atoms with Crippen LogP contribution in [0.4, 0.5) is 0 Å². The summed E-state index contributed by atoms with van der Waals surface area (Å²) in [6.45, 7) is 12.3. The molecule has 1 atom stereocenters. The van der Waals surface area contributed by atoms with Gasteiger partial charge in [-0.05, 0) is 30.2 Å². The molecule has 1 aliphatic rings. The number of nitrogens with one attached hydrogen (secondary N) is 2. The van der Waals surface area contributed by atoms with Gasteiger partial charge in [-0.3, -0.25) is 0 Å². The molecule has 0 aliphatic carbocycles. The Kier molecular flexibility index (Phi) is 5.22. The second-order valence-electron chi connectivity index (χ2n) is 6.25. The fourth-order valence-corrected chi connectivity index (χ4v) is 2.19. The molecule has 3 heteroatoms. The molecule has 2 N–H and O–H groups in total. The van der Waals surface area contributed by atoms with Crippen LogP contribution >= 0.6 is 0 Å². The molecule has 1 saturated heterocycles. The molecule has 1 aliphatic heterocycles. The summed E-state index contributed by atoms with van der Waals surface area (Å²) in [6, 6.07) is 0. The van der Waals surface area contributed by atoms with E-state index in [4.69, 9.17) is 4.74 Å². The van der Waals surface area contributed by atoms with Crippen molar-refractivity contribution in [2.24, 2.45) is 10.8 Å². The van der Waals surface area contributed by atoms with Crippen molar-refractivity contribution >= 4 is 0 Å². The first-order valence-corrected chi connectivity index (χ1v) is 6.38. The Labute approximate surface area is 100 Å². The molecule has 96 valence electrons. The van der Waals surface area contributed by atoms with Crippen LogP contribution in [0.5, 0.6) is 0 Å². The quantitative estimate of drug-likeness (QED) is 0.695. The molecule has 1 heterocycles. The SMILES string of the molecule is COCCC(C)(C)CNCC1(C)CCNC1. The first-order valence-electron chi connectivity index (χ1n) is 6.38. The largest absolute Gasteiger partial charge is 0.385 e. The van der Waals surface area contributed by atoms with Gasteiger partial charge in [0.2, 0.25) is 0 Å². The summed E-state index contributed by atoms with van der Waals surface area (Å²) in [5.41, 5.74) is 0.787. The molecule has 0 amide bonds. The van der Waals surface area contributed by atoms with Gasteiger partial charge < -0.3 is 15.4 Å². The molecule has 16 heavy (non-hydrogen) atoms. The molecule has 0 aromatic heterocycles. The van der Waals surface area contributed by atoms with Crippen molar-refractivity contribution in [3.63, 3.8) is 0 Å². The molecule has 0 aromatic rings. The van der Waals surface area contributed by atoms with Crippen LogP contribution in [0.15, 0.2) is 0 Å². The summed E-state index contributed by atoms with van der Waals surface area (Å²) in [7, 11) is 1.77. The van der Waals surface area contributed by atoms with Crippen LogP contribution in [0.3, 0.4) is 0 Å². The standard InChI is InChI=1S/C13H28N2O/c1-12(2,6-8-16-4)9-15-11-13(3)5-7-14-10-13/h14-15H,5-11H2,1-4H3. The van der Waals surface area contributed by atoms with Gasteiger partial charge in [0, 0.05) is 33.4 Å². The van der Waals surface area contributed by atoms with Crippen molar-refractivity contribution in [1.82, 2.24) is 10.6 Å². The molecular formula is C13H28N2O. The molecule has 0 saturated carbocycles. The van der Waals surface area contributed by atoms with Crippen molar-refractivity contribution in [3.05, 3.63) is 0 Å². The van der Waals surface area contributed by atoms with Crippen LogP contribution in [0.1, 0.15) is 33.6 Å². The van der Waals surface area contributed by atoms with Crippen molar-refractivity contribution in [1.29, 1.82) is 0 Å². The molecule has 1 rings (SSSR count). The monoisotopic (exact) mass is 228 g/mol. The first kappa shape index (κ1) is 13.9. The third kappa shape index (κ3) is 4.81. The number of hydrogen-bond acceptors (Lipinski definition) is 3. The fraction of sp³-hybridized carbons (Fsp3) is 1.00. The number of ether oxygens (including phenoxy) is 1. The highest BCUT2D eigenvalue weighted by molar-refractivity contribution is 4.86. The van der Waals surface area contributed by atoms with Crippen molar-refractivity contribution < 1.29 is 4.74 Å². The summed E-state index contributed by atoms with van der Waals surface area (Å²) in [4.78, 5) is 0. The number of methoxy groups -OCH3 is 1. The molecule has 1 fully saturated rings. The second-order valence-corrected chi connectivity index (χ2v) is 6.25. The topological polar surface area (TPSA) is 33.3 Å². The Morgan fingerprint density at radius 3 is 2.75 bits per heavy atom. The predicted molar refractivity (Wildman–Crippen MR) is 68.7 cm³/mol. The van der Waals surface area contributed by atoms with Crippen LogP contribution in [0.25, 0.3) is 0 Å². The van der Waals surface area contributed by atoms with E-state index in [1.54, 1.807) is 7.11 Å². The summed E-state index contributed by atoms with van der Waals surface area (Å²) in [5.74, 6) is 0. The van der Waals surface area contributed by atoms with Gasteiger partial charge in [0.15, 0.2) is 0 Å². The Balaban J connectivity index is 2.18. The van der Waals surface area contributed by atoms with Crippen LogP contribution in [0.2, 0.25) is 0 Å². The Morgan fingerprint density at radius 2 is 2.19 bits per heavy atom.